The third kappa shape index (κ3) is 5.41. The summed E-state index contributed by atoms with van der Waals surface area (Å²) in [4.78, 5) is 31.6. The van der Waals surface area contributed by atoms with E-state index in [2.05, 4.69) is 25.3 Å². The van der Waals surface area contributed by atoms with E-state index in [9.17, 15) is 14.0 Å². The number of halogens is 1. The molecule has 1 aliphatic heterocycles. The molecule has 0 spiro atoms. The Kier molecular flexibility index (Phi) is 6.78. The van der Waals surface area contributed by atoms with E-state index in [1.165, 1.54) is 19.2 Å². The Bertz CT molecular complexity index is 907. The summed E-state index contributed by atoms with van der Waals surface area (Å²) in [5.74, 6) is -1.21. The molecule has 0 radical (unpaired) electrons. The van der Waals surface area contributed by atoms with Crippen LogP contribution in [0.2, 0.25) is 0 Å². The van der Waals surface area contributed by atoms with Crippen LogP contribution in [0.1, 0.15) is 42.3 Å². The molecule has 0 bridgehead atoms. The fourth-order valence-corrected chi connectivity index (χ4v) is 2.90. The number of ether oxygens (including phenoxy) is 3. The number of carbonyl (C=O) groups is 2. The van der Waals surface area contributed by atoms with Gasteiger partial charge < -0.3 is 24.8 Å². The van der Waals surface area contributed by atoms with Gasteiger partial charge in [0.1, 0.15) is 11.9 Å². The number of rotatable bonds is 6. The second-order valence-electron chi connectivity index (χ2n) is 7.04. The number of amides is 1. The maximum absolute atomic E-state index is 14.0. The van der Waals surface area contributed by atoms with Crippen LogP contribution in [0.15, 0.2) is 30.6 Å². The van der Waals surface area contributed by atoms with Crippen molar-refractivity contribution in [1.82, 2.24) is 15.3 Å². The summed E-state index contributed by atoms with van der Waals surface area (Å²) in [6, 6.07) is 4.00. The topological polar surface area (TPSA) is 112 Å². The zero-order valence-corrected chi connectivity index (χ0v) is 16.8. The SMILES string of the molecule is COC(=O)c1ccc(Nc2ncc([C@@H]3C[C@H](OC(=O)NC(C)C)CO3)cn2)cc1F. The van der Waals surface area contributed by atoms with E-state index in [0.29, 0.717) is 18.7 Å². The molecule has 0 unspecified atom stereocenters. The normalized spacial score (nSPS) is 18.2. The third-order valence-electron chi connectivity index (χ3n) is 4.31. The van der Waals surface area contributed by atoms with Gasteiger partial charge >= 0.3 is 12.1 Å². The van der Waals surface area contributed by atoms with Crippen LogP contribution in [0, 0.1) is 5.82 Å². The summed E-state index contributed by atoms with van der Waals surface area (Å²) in [5, 5.41) is 5.54. The molecule has 1 amide bonds. The molecule has 3 rings (SSSR count). The van der Waals surface area contributed by atoms with Crippen molar-refractivity contribution in [2.45, 2.75) is 38.5 Å². The van der Waals surface area contributed by atoms with E-state index in [1.54, 1.807) is 12.4 Å². The van der Waals surface area contributed by atoms with Gasteiger partial charge in [-0.2, -0.15) is 0 Å². The number of hydrogen-bond donors (Lipinski definition) is 2. The van der Waals surface area contributed by atoms with Crippen molar-refractivity contribution in [1.29, 1.82) is 0 Å². The second-order valence-corrected chi connectivity index (χ2v) is 7.04. The van der Waals surface area contributed by atoms with Gasteiger partial charge in [-0.3, -0.25) is 0 Å². The molecular weight excluding hydrogens is 395 g/mol. The molecule has 160 valence electrons. The van der Waals surface area contributed by atoms with Crippen LogP contribution in [0.3, 0.4) is 0 Å². The zero-order valence-electron chi connectivity index (χ0n) is 16.8. The van der Waals surface area contributed by atoms with Crippen LogP contribution in [0.5, 0.6) is 0 Å². The van der Waals surface area contributed by atoms with Crippen molar-refractivity contribution >= 4 is 23.7 Å². The number of methoxy groups -OCH3 is 1. The first-order valence-electron chi connectivity index (χ1n) is 9.41. The van der Waals surface area contributed by atoms with Crippen LogP contribution >= 0.6 is 0 Å². The van der Waals surface area contributed by atoms with Gasteiger partial charge in [0.15, 0.2) is 0 Å². The summed E-state index contributed by atoms with van der Waals surface area (Å²) in [5.41, 5.74) is 0.967. The molecule has 1 aromatic carbocycles. The Balaban J connectivity index is 1.57. The summed E-state index contributed by atoms with van der Waals surface area (Å²) >= 11 is 0. The average molecular weight is 418 g/mol. The number of nitrogens with zero attached hydrogens (tertiary/aromatic N) is 2. The van der Waals surface area contributed by atoms with E-state index < -0.39 is 17.9 Å². The fraction of sp³-hybridized carbons (Fsp3) is 0.400. The maximum atomic E-state index is 14.0. The summed E-state index contributed by atoms with van der Waals surface area (Å²) < 4.78 is 29.5. The van der Waals surface area contributed by atoms with Crippen molar-refractivity contribution in [2.24, 2.45) is 0 Å². The third-order valence-corrected chi connectivity index (χ3v) is 4.31. The first kappa shape index (κ1) is 21.4. The van der Waals surface area contributed by atoms with Crippen LogP contribution < -0.4 is 10.6 Å². The quantitative estimate of drug-likeness (QED) is 0.689. The lowest BCUT2D eigenvalue weighted by atomic mass is 10.1. The second kappa shape index (κ2) is 9.49. The lowest BCUT2D eigenvalue weighted by Crippen LogP contribution is -2.33. The highest BCUT2D eigenvalue weighted by molar-refractivity contribution is 5.90. The summed E-state index contributed by atoms with van der Waals surface area (Å²) in [6.07, 6.45) is 2.59. The Morgan fingerprint density at radius 1 is 1.27 bits per heavy atom. The molecule has 30 heavy (non-hydrogen) atoms. The molecule has 9 nitrogen and oxygen atoms in total. The van der Waals surface area contributed by atoms with E-state index >= 15 is 0 Å². The Labute approximate surface area is 173 Å². The van der Waals surface area contributed by atoms with Crippen molar-refractivity contribution in [3.05, 3.63) is 47.5 Å². The lowest BCUT2D eigenvalue weighted by Gasteiger charge is -2.13. The van der Waals surface area contributed by atoms with E-state index in [-0.39, 0.29) is 29.8 Å². The van der Waals surface area contributed by atoms with Crippen LogP contribution in [0.25, 0.3) is 0 Å². The van der Waals surface area contributed by atoms with Crippen LogP contribution in [-0.2, 0) is 14.2 Å². The van der Waals surface area contributed by atoms with E-state index in [0.717, 1.165) is 11.6 Å². The number of hydrogen-bond acceptors (Lipinski definition) is 8. The zero-order chi connectivity index (χ0) is 21.7. The number of aromatic nitrogens is 2. The van der Waals surface area contributed by atoms with E-state index in [1.807, 2.05) is 13.8 Å². The molecule has 1 fully saturated rings. The maximum Gasteiger partial charge on any atom is 0.407 e. The molecular formula is C20H23FN4O5. The molecule has 2 atom stereocenters. The Hall–Kier alpha value is -3.27. The first-order chi connectivity index (χ1) is 14.4. The minimum absolute atomic E-state index is 0.00536. The minimum Gasteiger partial charge on any atom is -0.465 e. The standard InChI is InChI=1S/C20H23FN4O5/c1-11(2)24-20(27)30-14-7-17(29-10-14)12-8-22-19(23-9-12)25-13-4-5-15(16(21)6-13)18(26)28-3/h4-6,8-9,11,14,17H,7,10H2,1-3H3,(H,24,27)(H,22,23,25)/t14-,17-/m0/s1. The molecule has 2 N–H and O–H groups in total. The van der Waals surface area contributed by atoms with Gasteiger partial charge in [-0.1, -0.05) is 0 Å². The molecule has 1 aromatic heterocycles. The van der Waals surface area contributed by atoms with Gasteiger partial charge in [-0.25, -0.2) is 23.9 Å². The number of anilines is 2. The number of esters is 1. The van der Waals surface area contributed by atoms with Gasteiger partial charge in [-0.05, 0) is 32.0 Å². The van der Waals surface area contributed by atoms with Gasteiger partial charge in [0, 0.05) is 36.1 Å². The van der Waals surface area contributed by atoms with Gasteiger partial charge in [0.05, 0.1) is 25.4 Å². The fourth-order valence-electron chi connectivity index (χ4n) is 2.90. The highest BCUT2D eigenvalue weighted by Crippen LogP contribution is 2.30. The minimum atomic E-state index is -0.750. The average Bonchev–Trinajstić information content (AvgIpc) is 3.15. The largest absolute Gasteiger partial charge is 0.465 e. The van der Waals surface area contributed by atoms with Crippen molar-refractivity contribution in [3.63, 3.8) is 0 Å². The monoisotopic (exact) mass is 418 g/mol. The highest BCUT2D eigenvalue weighted by atomic mass is 19.1. The van der Waals surface area contributed by atoms with Crippen LogP contribution in [0.4, 0.5) is 20.8 Å². The molecule has 0 aliphatic carbocycles. The number of benzene rings is 1. The van der Waals surface area contributed by atoms with Gasteiger partial charge in [0.2, 0.25) is 5.95 Å². The summed E-state index contributed by atoms with van der Waals surface area (Å²) in [6.45, 7) is 4.00. The summed E-state index contributed by atoms with van der Waals surface area (Å²) in [7, 11) is 1.19. The Morgan fingerprint density at radius 2 is 2.00 bits per heavy atom. The lowest BCUT2D eigenvalue weighted by molar-refractivity contribution is 0.0595. The number of nitrogens with one attached hydrogen (secondary N) is 2. The smallest absolute Gasteiger partial charge is 0.407 e. The predicted molar refractivity (Wildman–Crippen MR) is 105 cm³/mol. The van der Waals surface area contributed by atoms with E-state index in [4.69, 9.17) is 9.47 Å². The van der Waals surface area contributed by atoms with Gasteiger partial charge in [0.25, 0.3) is 0 Å². The molecule has 0 saturated carbocycles. The van der Waals surface area contributed by atoms with Crippen molar-refractivity contribution < 1.29 is 28.2 Å². The molecule has 10 heteroatoms. The molecule has 2 heterocycles. The predicted octanol–water partition coefficient (Wildman–Crippen LogP) is 3.11. The molecule has 1 aliphatic rings. The first-order valence-corrected chi connectivity index (χ1v) is 9.41. The number of carbonyl (C=O) groups excluding carboxylic acids is 2. The number of alkyl carbamates (subject to hydrolysis) is 1. The molecule has 1 saturated heterocycles. The van der Waals surface area contributed by atoms with Crippen molar-refractivity contribution in [2.75, 3.05) is 19.0 Å². The van der Waals surface area contributed by atoms with Crippen molar-refractivity contribution in [3.8, 4) is 0 Å². The van der Waals surface area contributed by atoms with Gasteiger partial charge in [-0.15, -0.1) is 0 Å². The van der Waals surface area contributed by atoms with Crippen LogP contribution in [-0.4, -0.2) is 47.9 Å². The Morgan fingerprint density at radius 3 is 2.63 bits per heavy atom. The molecule has 2 aromatic rings. The highest BCUT2D eigenvalue weighted by Gasteiger charge is 2.30.